The third-order valence-electron chi connectivity index (χ3n) is 7.07. The molecule has 8 nitrogen and oxygen atoms in total. The first-order valence-corrected chi connectivity index (χ1v) is 12.4. The van der Waals surface area contributed by atoms with E-state index in [4.69, 9.17) is 4.74 Å². The summed E-state index contributed by atoms with van der Waals surface area (Å²) in [6, 6.07) is 0. The van der Waals surface area contributed by atoms with Gasteiger partial charge in [0, 0.05) is 66.5 Å². The zero-order valence-corrected chi connectivity index (χ0v) is 22.6. The van der Waals surface area contributed by atoms with Gasteiger partial charge in [0.25, 0.3) is 0 Å². The Hall–Kier alpha value is -0.650. The van der Waals surface area contributed by atoms with Crippen molar-refractivity contribution in [1.29, 1.82) is 0 Å². The molecule has 1 N–H and O–H groups in total. The van der Waals surface area contributed by atoms with Crippen molar-refractivity contribution in [2.24, 2.45) is 10.9 Å². The van der Waals surface area contributed by atoms with Gasteiger partial charge in [-0.15, -0.1) is 24.0 Å². The number of methoxy groups -OCH3 is 1. The fourth-order valence-corrected chi connectivity index (χ4v) is 4.93. The predicted molar refractivity (Wildman–Crippen MR) is 141 cm³/mol. The lowest BCUT2D eigenvalue weighted by atomic mass is 9.97. The molecule has 0 saturated carbocycles. The molecular weight excluding hydrogens is 519 g/mol. The Labute approximate surface area is 212 Å². The van der Waals surface area contributed by atoms with E-state index in [-0.39, 0.29) is 24.0 Å². The third-order valence-corrected chi connectivity index (χ3v) is 7.07. The predicted octanol–water partition coefficient (Wildman–Crippen LogP) is 1.56. The minimum absolute atomic E-state index is 0. The molecule has 0 aromatic carbocycles. The van der Waals surface area contributed by atoms with Crippen LogP contribution in [0.2, 0.25) is 0 Å². The molecule has 3 saturated heterocycles. The number of carbonyl (C=O) groups is 1. The summed E-state index contributed by atoms with van der Waals surface area (Å²) in [6.07, 6.45) is 7.32. The number of carbonyl (C=O) groups excluding carboxylic acids is 1. The van der Waals surface area contributed by atoms with E-state index in [1.54, 1.807) is 7.11 Å². The van der Waals surface area contributed by atoms with Crippen molar-refractivity contribution < 1.29 is 9.53 Å². The van der Waals surface area contributed by atoms with E-state index in [2.05, 4.69) is 29.9 Å². The Morgan fingerprint density at radius 3 is 2.16 bits per heavy atom. The Kier molecular flexibility index (Phi) is 13.2. The van der Waals surface area contributed by atoms with Gasteiger partial charge in [-0.3, -0.25) is 14.7 Å². The summed E-state index contributed by atoms with van der Waals surface area (Å²) in [7, 11) is 3.65. The van der Waals surface area contributed by atoms with Gasteiger partial charge in [0.05, 0.1) is 13.2 Å². The summed E-state index contributed by atoms with van der Waals surface area (Å²) in [5, 5.41) is 3.62. The van der Waals surface area contributed by atoms with E-state index >= 15 is 0 Å². The van der Waals surface area contributed by atoms with Crippen molar-refractivity contribution in [3.05, 3.63) is 0 Å². The van der Waals surface area contributed by atoms with Crippen LogP contribution in [0, 0.1) is 5.92 Å². The lowest BCUT2D eigenvalue weighted by molar-refractivity contribution is -0.132. The number of aliphatic imine (C=N–C) groups is 1. The van der Waals surface area contributed by atoms with Crippen LogP contribution in [-0.2, 0) is 9.53 Å². The summed E-state index contributed by atoms with van der Waals surface area (Å²) in [5.74, 6) is 2.04. The standard InChI is InChI=1S/C23H44N6O2.HI/c1-24-23(25-19-21-7-11-26(12-8-21)17-18-31-2)29-15-13-27(14-16-29)20-22(30)28-9-5-3-4-6-10-28;/h21H,3-20H2,1-2H3,(H,24,25);1H. The average molecular weight is 565 g/mol. The Morgan fingerprint density at radius 1 is 0.906 bits per heavy atom. The topological polar surface area (TPSA) is 63.7 Å². The first-order valence-electron chi connectivity index (χ1n) is 12.4. The third kappa shape index (κ3) is 8.95. The average Bonchev–Trinajstić information content (AvgIpc) is 3.10. The summed E-state index contributed by atoms with van der Waals surface area (Å²) < 4.78 is 5.20. The quantitative estimate of drug-likeness (QED) is 0.288. The molecular formula is C23H45IN6O2. The molecule has 3 heterocycles. The van der Waals surface area contributed by atoms with Gasteiger partial charge in [-0.2, -0.15) is 0 Å². The molecule has 1 amide bonds. The molecule has 3 rings (SSSR count). The second-order valence-electron chi connectivity index (χ2n) is 9.26. The molecule has 3 aliphatic rings. The van der Waals surface area contributed by atoms with Gasteiger partial charge in [-0.05, 0) is 44.7 Å². The van der Waals surface area contributed by atoms with E-state index in [0.717, 1.165) is 90.9 Å². The van der Waals surface area contributed by atoms with E-state index in [1.807, 2.05) is 7.05 Å². The molecule has 0 aromatic heterocycles. The first-order chi connectivity index (χ1) is 15.2. The van der Waals surface area contributed by atoms with Crippen molar-refractivity contribution in [3.63, 3.8) is 0 Å². The summed E-state index contributed by atoms with van der Waals surface area (Å²) in [5.41, 5.74) is 0. The molecule has 0 aliphatic carbocycles. The zero-order valence-electron chi connectivity index (χ0n) is 20.3. The van der Waals surface area contributed by atoms with Crippen molar-refractivity contribution >= 4 is 35.8 Å². The fourth-order valence-electron chi connectivity index (χ4n) is 4.93. The van der Waals surface area contributed by atoms with Gasteiger partial charge in [0.2, 0.25) is 5.91 Å². The van der Waals surface area contributed by atoms with Crippen LogP contribution < -0.4 is 5.32 Å². The molecule has 0 aromatic rings. The van der Waals surface area contributed by atoms with Crippen LogP contribution in [0.4, 0.5) is 0 Å². The molecule has 0 spiro atoms. The zero-order chi connectivity index (χ0) is 21.9. The van der Waals surface area contributed by atoms with Crippen molar-refractivity contribution in [2.45, 2.75) is 38.5 Å². The number of hydrogen-bond acceptors (Lipinski definition) is 5. The number of amides is 1. The van der Waals surface area contributed by atoms with Crippen molar-refractivity contribution in [2.75, 3.05) is 92.8 Å². The van der Waals surface area contributed by atoms with Gasteiger partial charge in [0.1, 0.15) is 0 Å². The van der Waals surface area contributed by atoms with Gasteiger partial charge in [0.15, 0.2) is 5.96 Å². The van der Waals surface area contributed by atoms with Crippen LogP contribution >= 0.6 is 24.0 Å². The smallest absolute Gasteiger partial charge is 0.236 e. The summed E-state index contributed by atoms with van der Waals surface area (Å²) >= 11 is 0. The number of ether oxygens (including phenoxy) is 1. The van der Waals surface area contributed by atoms with Crippen LogP contribution in [0.3, 0.4) is 0 Å². The van der Waals surface area contributed by atoms with Crippen molar-refractivity contribution in [3.8, 4) is 0 Å². The number of likely N-dealkylation sites (tertiary alicyclic amines) is 2. The van der Waals surface area contributed by atoms with Crippen LogP contribution in [0.25, 0.3) is 0 Å². The number of rotatable bonds is 7. The van der Waals surface area contributed by atoms with E-state index in [9.17, 15) is 4.79 Å². The highest BCUT2D eigenvalue weighted by Crippen LogP contribution is 2.16. The second kappa shape index (κ2) is 15.3. The lowest BCUT2D eigenvalue weighted by Gasteiger charge is -2.37. The SMILES string of the molecule is CN=C(NCC1CCN(CCOC)CC1)N1CCN(CC(=O)N2CCCCCC2)CC1.I. The molecule has 9 heteroatoms. The summed E-state index contributed by atoms with van der Waals surface area (Å²) in [6.45, 7) is 11.4. The molecule has 0 atom stereocenters. The first kappa shape index (κ1) is 27.6. The number of nitrogens with zero attached hydrogens (tertiary/aromatic N) is 5. The maximum atomic E-state index is 12.7. The number of halogens is 1. The molecule has 0 radical (unpaired) electrons. The highest BCUT2D eigenvalue weighted by molar-refractivity contribution is 14.0. The molecule has 0 bridgehead atoms. The number of piperidine rings is 1. The molecule has 0 unspecified atom stereocenters. The maximum absolute atomic E-state index is 12.7. The molecule has 32 heavy (non-hydrogen) atoms. The number of piperazine rings is 1. The van der Waals surface area contributed by atoms with E-state index in [0.29, 0.717) is 18.4 Å². The van der Waals surface area contributed by atoms with Crippen molar-refractivity contribution in [1.82, 2.24) is 24.9 Å². The fraction of sp³-hybridized carbons (Fsp3) is 0.913. The number of nitrogens with one attached hydrogen (secondary N) is 1. The van der Waals surface area contributed by atoms with E-state index < -0.39 is 0 Å². The second-order valence-corrected chi connectivity index (χ2v) is 9.26. The molecule has 186 valence electrons. The largest absolute Gasteiger partial charge is 0.383 e. The van der Waals surface area contributed by atoms with Crippen LogP contribution in [0.15, 0.2) is 4.99 Å². The summed E-state index contributed by atoms with van der Waals surface area (Å²) in [4.78, 5) is 26.5. The van der Waals surface area contributed by atoms with Gasteiger partial charge in [-0.1, -0.05) is 12.8 Å². The minimum Gasteiger partial charge on any atom is -0.383 e. The lowest BCUT2D eigenvalue weighted by Crippen LogP contribution is -2.55. The van der Waals surface area contributed by atoms with Gasteiger partial charge in [-0.25, -0.2) is 0 Å². The minimum atomic E-state index is 0. The Bertz CT molecular complexity index is 555. The Morgan fingerprint density at radius 2 is 1.56 bits per heavy atom. The maximum Gasteiger partial charge on any atom is 0.236 e. The number of guanidine groups is 1. The highest BCUT2D eigenvalue weighted by atomic mass is 127. The van der Waals surface area contributed by atoms with Crippen LogP contribution in [-0.4, -0.2) is 124 Å². The van der Waals surface area contributed by atoms with Gasteiger partial charge >= 0.3 is 0 Å². The van der Waals surface area contributed by atoms with E-state index in [1.165, 1.54) is 25.7 Å². The monoisotopic (exact) mass is 564 g/mol. The molecule has 3 fully saturated rings. The number of hydrogen-bond donors (Lipinski definition) is 1. The Balaban J connectivity index is 0.00000363. The van der Waals surface area contributed by atoms with Gasteiger partial charge < -0.3 is 24.8 Å². The van der Waals surface area contributed by atoms with Crippen LogP contribution in [0.1, 0.15) is 38.5 Å². The normalized spacial score (nSPS) is 22.4. The van der Waals surface area contributed by atoms with Crippen LogP contribution in [0.5, 0.6) is 0 Å². The molecule has 3 aliphatic heterocycles. The highest BCUT2D eigenvalue weighted by Gasteiger charge is 2.25.